The van der Waals surface area contributed by atoms with Gasteiger partial charge in [0.1, 0.15) is 0 Å². The van der Waals surface area contributed by atoms with Crippen molar-refractivity contribution in [2.24, 2.45) is 0 Å². The lowest BCUT2D eigenvalue weighted by Gasteiger charge is -2.11. The number of esters is 1. The highest BCUT2D eigenvalue weighted by atomic mass is 16.5. The molecule has 2 rings (SSSR count). The number of nitrogens with one attached hydrogen (secondary N) is 1. The molecule has 0 unspecified atom stereocenters. The summed E-state index contributed by atoms with van der Waals surface area (Å²) in [4.78, 5) is 28.2. The second-order valence-electron chi connectivity index (χ2n) is 4.56. The number of nitrogens with zero attached hydrogens (tertiary/aromatic N) is 1. The van der Waals surface area contributed by atoms with Crippen molar-refractivity contribution in [2.75, 3.05) is 12.4 Å². The van der Waals surface area contributed by atoms with Crippen LogP contribution >= 0.6 is 0 Å². The van der Waals surface area contributed by atoms with E-state index in [-0.39, 0.29) is 5.91 Å². The summed E-state index contributed by atoms with van der Waals surface area (Å²) in [6.07, 6.45) is 1.59. The van der Waals surface area contributed by atoms with Crippen molar-refractivity contribution < 1.29 is 14.3 Å². The molecule has 0 radical (unpaired) electrons. The van der Waals surface area contributed by atoms with E-state index in [9.17, 15) is 9.59 Å². The molecular formula is C16H16N2O3. The van der Waals surface area contributed by atoms with Gasteiger partial charge < -0.3 is 10.1 Å². The molecule has 1 aromatic carbocycles. The number of anilines is 1. The molecule has 0 aliphatic rings. The molecule has 0 atom stereocenters. The first-order valence-electron chi connectivity index (χ1n) is 6.45. The maximum absolute atomic E-state index is 12.4. The number of hydrogen-bond acceptors (Lipinski definition) is 4. The summed E-state index contributed by atoms with van der Waals surface area (Å²) in [6.45, 7) is 3.68. The predicted octanol–water partition coefficient (Wildman–Crippen LogP) is 2.74. The summed E-state index contributed by atoms with van der Waals surface area (Å²) >= 11 is 0. The number of methoxy groups -OCH3 is 1. The van der Waals surface area contributed by atoms with Gasteiger partial charge in [-0.25, -0.2) is 4.79 Å². The van der Waals surface area contributed by atoms with Crippen molar-refractivity contribution in [3.05, 3.63) is 58.9 Å². The van der Waals surface area contributed by atoms with Crippen molar-refractivity contribution in [2.45, 2.75) is 13.8 Å². The second kappa shape index (κ2) is 6.17. The third-order valence-corrected chi connectivity index (χ3v) is 3.28. The topological polar surface area (TPSA) is 68.3 Å². The first-order valence-corrected chi connectivity index (χ1v) is 6.45. The number of rotatable bonds is 3. The zero-order chi connectivity index (χ0) is 15.4. The van der Waals surface area contributed by atoms with Gasteiger partial charge in [0.05, 0.1) is 18.4 Å². The van der Waals surface area contributed by atoms with E-state index in [0.29, 0.717) is 16.8 Å². The van der Waals surface area contributed by atoms with Crippen LogP contribution in [0.5, 0.6) is 0 Å². The summed E-state index contributed by atoms with van der Waals surface area (Å²) in [6, 6.07) is 8.37. The molecule has 1 amide bonds. The van der Waals surface area contributed by atoms with Gasteiger partial charge in [0.15, 0.2) is 0 Å². The highest BCUT2D eigenvalue weighted by molar-refractivity contribution is 6.08. The van der Waals surface area contributed by atoms with Gasteiger partial charge in [-0.2, -0.15) is 0 Å². The highest BCUT2D eigenvalue weighted by Gasteiger charge is 2.16. The molecule has 1 aromatic heterocycles. The molecule has 0 bridgehead atoms. The fraction of sp³-hybridized carbons (Fsp3) is 0.188. The highest BCUT2D eigenvalue weighted by Crippen LogP contribution is 2.18. The maximum atomic E-state index is 12.4. The number of para-hydroxylation sites is 1. The van der Waals surface area contributed by atoms with E-state index in [2.05, 4.69) is 10.3 Å². The van der Waals surface area contributed by atoms with Crippen LogP contribution in [0.15, 0.2) is 36.5 Å². The fourth-order valence-electron chi connectivity index (χ4n) is 1.96. The second-order valence-corrected chi connectivity index (χ2v) is 4.56. The SMILES string of the molecule is COC(=O)c1ccccc1NC(=O)c1ccnc(C)c1C. The Morgan fingerprint density at radius 2 is 1.81 bits per heavy atom. The Bertz CT molecular complexity index is 696. The standard InChI is InChI=1S/C16H16N2O3/c1-10-11(2)17-9-8-12(10)15(19)18-14-7-5-4-6-13(14)16(20)21-3/h4-9H,1-3H3,(H,18,19). The molecule has 0 saturated heterocycles. The summed E-state index contributed by atoms with van der Waals surface area (Å²) < 4.78 is 4.71. The number of carbonyl (C=O) groups excluding carboxylic acids is 2. The molecule has 108 valence electrons. The molecule has 0 aliphatic heterocycles. The van der Waals surface area contributed by atoms with Gasteiger partial charge in [0.25, 0.3) is 5.91 Å². The number of aryl methyl sites for hydroxylation is 1. The fourth-order valence-corrected chi connectivity index (χ4v) is 1.96. The molecule has 21 heavy (non-hydrogen) atoms. The molecule has 1 N–H and O–H groups in total. The van der Waals surface area contributed by atoms with Crippen molar-refractivity contribution in [1.29, 1.82) is 0 Å². The van der Waals surface area contributed by atoms with E-state index >= 15 is 0 Å². The van der Waals surface area contributed by atoms with Crippen LogP contribution in [-0.2, 0) is 4.74 Å². The van der Waals surface area contributed by atoms with E-state index in [0.717, 1.165) is 11.3 Å². The average molecular weight is 284 g/mol. The van der Waals surface area contributed by atoms with Gasteiger partial charge in [0.2, 0.25) is 0 Å². The largest absolute Gasteiger partial charge is 0.465 e. The number of benzene rings is 1. The van der Waals surface area contributed by atoms with Gasteiger partial charge in [-0.15, -0.1) is 0 Å². The van der Waals surface area contributed by atoms with Crippen LogP contribution in [0.25, 0.3) is 0 Å². The lowest BCUT2D eigenvalue weighted by molar-refractivity contribution is 0.0602. The van der Waals surface area contributed by atoms with E-state index in [1.807, 2.05) is 13.8 Å². The molecule has 5 heteroatoms. The molecule has 0 saturated carbocycles. The first-order chi connectivity index (χ1) is 10.0. The summed E-state index contributed by atoms with van der Waals surface area (Å²) in [5.41, 5.74) is 2.87. The van der Waals surface area contributed by atoms with E-state index < -0.39 is 5.97 Å². The van der Waals surface area contributed by atoms with Crippen LogP contribution in [0, 0.1) is 13.8 Å². The average Bonchev–Trinajstić information content (AvgIpc) is 2.49. The Morgan fingerprint density at radius 3 is 2.52 bits per heavy atom. The smallest absolute Gasteiger partial charge is 0.339 e. The quantitative estimate of drug-likeness (QED) is 0.880. The van der Waals surface area contributed by atoms with Crippen LogP contribution in [-0.4, -0.2) is 24.0 Å². The van der Waals surface area contributed by atoms with Crippen LogP contribution in [0.2, 0.25) is 0 Å². The zero-order valence-electron chi connectivity index (χ0n) is 12.1. The number of ether oxygens (including phenoxy) is 1. The van der Waals surface area contributed by atoms with E-state index in [1.54, 1.807) is 36.5 Å². The lowest BCUT2D eigenvalue weighted by Crippen LogP contribution is -2.17. The first kappa shape index (κ1) is 14.7. The third kappa shape index (κ3) is 3.08. The summed E-state index contributed by atoms with van der Waals surface area (Å²) in [5.74, 6) is -0.775. The Balaban J connectivity index is 2.32. The molecule has 1 heterocycles. The lowest BCUT2D eigenvalue weighted by atomic mass is 10.1. The molecule has 0 aliphatic carbocycles. The Hall–Kier alpha value is -2.69. The van der Waals surface area contributed by atoms with Crippen molar-refractivity contribution >= 4 is 17.6 Å². The number of aromatic nitrogens is 1. The maximum Gasteiger partial charge on any atom is 0.339 e. The molecule has 2 aromatic rings. The predicted molar refractivity (Wildman–Crippen MR) is 79.4 cm³/mol. The van der Waals surface area contributed by atoms with Gasteiger partial charge in [-0.05, 0) is 37.6 Å². The van der Waals surface area contributed by atoms with Gasteiger partial charge >= 0.3 is 5.97 Å². The van der Waals surface area contributed by atoms with Crippen LogP contribution < -0.4 is 5.32 Å². The van der Waals surface area contributed by atoms with Crippen molar-refractivity contribution in [3.63, 3.8) is 0 Å². The van der Waals surface area contributed by atoms with Crippen molar-refractivity contribution in [3.8, 4) is 0 Å². The van der Waals surface area contributed by atoms with Crippen LogP contribution in [0.1, 0.15) is 32.0 Å². The Labute approximate surface area is 123 Å². The van der Waals surface area contributed by atoms with Gasteiger partial charge in [0, 0.05) is 17.5 Å². The minimum Gasteiger partial charge on any atom is -0.465 e. The van der Waals surface area contributed by atoms with Gasteiger partial charge in [-0.1, -0.05) is 12.1 Å². The minimum absolute atomic E-state index is 0.283. The monoisotopic (exact) mass is 284 g/mol. The molecule has 0 spiro atoms. The van der Waals surface area contributed by atoms with E-state index in [1.165, 1.54) is 7.11 Å². The third-order valence-electron chi connectivity index (χ3n) is 3.28. The minimum atomic E-state index is -0.492. The summed E-state index contributed by atoms with van der Waals surface area (Å²) in [7, 11) is 1.30. The van der Waals surface area contributed by atoms with E-state index in [4.69, 9.17) is 4.74 Å². The molecular weight excluding hydrogens is 268 g/mol. The zero-order valence-corrected chi connectivity index (χ0v) is 12.1. The number of pyridine rings is 1. The Morgan fingerprint density at radius 1 is 1.10 bits per heavy atom. The van der Waals surface area contributed by atoms with Crippen molar-refractivity contribution in [1.82, 2.24) is 4.98 Å². The van der Waals surface area contributed by atoms with Crippen LogP contribution in [0.4, 0.5) is 5.69 Å². The molecule has 5 nitrogen and oxygen atoms in total. The number of carbonyl (C=O) groups is 2. The van der Waals surface area contributed by atoms with Crippen LogP contribution in [0.3, 0.4) is 0 Å². The normalized spacial score (nSPS) is 10.0. The Kier molecular flexibility index (Phi) is 4.33. The summed E-state index contributed by atoms with van der Waals surface area (Å²) in [5, 5.41) is 2.74. The number of hydrogen-bond donors (Lipinski definition) is 1. The number of amides is 1. The van der Waals surface area contributed by atoms with Gasteiger partial charge in [-0.3, -0.25) is 9.78 Å². The molecule has 0 fully saturated rings.